The first-order valence-electron chi connectivity index (χ1n) is 9.34. The van der Waals surface area contributed by atoms with E-state index in [1.54, 1.807) is 35.2 Å². The van der Waals surface area contributed by atoms with Gasteiger partial charge in [0.1, 0.15) is 6.54 Å². The Bertz CT molecular complexity index is 817. The number of nitrogens with zero attached hydrogens (tertiary/aromatic N) is 1. The summed E-state index contributed by atoms with van der Waals surface area (Å²) in [5.41, 5.74) is 1.20. The van der Waals surface area contributed by atoms with Crippen LogP contribution in [0.3, 0.4) is 0 Å². The second-order valence-electron chi connectivity index (χ2n) is 6.41. The van der Waals surface area contributed by atoms with Crippen LogP contribution >= 0.6 is 22.9 Å². The molecule has 2 N–H and O–H groups in total. The maximum atomic E-state index is 12.5. The SMILES string of the molecule is C=CC[NH+](CC(=O)Nc1cccc(C(=O)N(CC)CC)c1)Cc1ccc(Cl)s1. The fourth-order valence-electron chi connectivity index (χ4n) is 2.96. The van der Waals surface area contributed by atoms with E-state index in [0.29, 0.717) is 44.0 Å². The molecule has 1 aromatic heterocycles. The van der Waals surface area contributed by atoms with Crippen LogP contribution in [0.1, 0.15) is 29.1 Å². The molecule has 2 aromatic rings. The van der Waals surface area contributed by atoms with Gasteiger partial charge in [-0.05, 0) is 50.3 Å². The van der Waals surface area contributed by atoms with Crippen molar-refractivity contribution in [2.75, 3.05) is 31.5 Å². The Morgan fingerprint density at radius 3 is 2.61 bits per heavy atom. The minimum Gasteiger partial charge on any atom is -0.339 e. The molecule has 150 valence electrons. The van der Waals surface area contributed by atoms with Gasteiger partial charge in [0.25, 0.3) is 11.8 Å². The van der Waals surface area contributed by atoms with E-state index >= 15 is 0 Å². The molecule has 28 heavy (non-hydrogen) atoms. The molecular formula is C21H27ClN3O2S+. The van der Waals surface area contributed by atoms with E-state index in [4.69, 9.17) is 11.6 Å². The smallest absolute Gasteiger partial charge is 0.279 e. The fraction of sp³-hybridized carbons (Fsp3) is 0.333. The van der Waals surface area contributed by atoms with Crippen molar-refractivity contribution in [3.63, 3.8) is 0 Å². The van der Waals surface area contributed by atoms with Crippen molar-refractivity contribution in [3.05, 3.63) is 63.8 Å². The zero-order valence-corrected chi connectivity index (χ0v) is 17.9. The van der Waals surface area contributed by atoms with E-state index in [1.165, 1.54) is 11.3 Å². The number of amides is 2. The van der Waals surface area contributed by atoms with E-state index in [0.717, 1.165) is 14.1 Å². The molecule has 0 saturated carbocycles. The highest BCUT2D eigenvalue weighted by Crippen LogP contribution is 2.20. The van der Waals surface area contributed by atoms with Crippen molar-refractivity contribution in [2.24, 2.45) is 0 Å². The number of hydrogen-bond donors (Lipinski definition) is 2. The highest BCUT2D eigenvalue weighted by atomic mass is 35.5. The number of anilines is 1. The van der Waals surface area contributed by atoms with Gasteiger partial charge in [-0.2, -0.15) is 0 Å². The molecule has 2 rings (SSSR count). The Morgan fingerprint density at radius 2 is 2.00 bits per heavy atom. The molecular weight excluding hydrogens is 394 g/mol. The number of carbonyl (C=O) groups excluding carboxylic acids is 2. The first kappa shape index (κ1) is 22.1. The summed E-state index contributed by atoms with van der Waals surface area (Å²) in [5.74, 6) is -0.137. The lowest BCUT2D eigenvalue weighted by Gasteiger charge is -2.19. The highest BCUT2D eigenvalue weighted by Gasteiger charge is 2.17. The Hall–Kier alpha value is -2.15. The van der Waals surface area contributed by atoms with Crippen LogP contribution in [0.25, 0.3) is 0 Å². The van der Waals surface area contributed by atoms with Gasteiger partial charge in [0.2, 0.25) is 0 Å². The Kier molecular flexibility index (Phi) is 8.70. The summed E-state index contributed by atoms with van der Waals surface area (Å²) in [6, 6.07) is 10.9. The first-order valence-corrected chi connectivity index (χ1v) is 10.5. The Balaban J connectivity index is 2.01. The molecule has 0 aliphatic carbocycles. The number of benzene rings is 1. The molecule has 1 aromatic carbocycles. The van der Waals surface area contributed by atoms with Crippen LogP contribution in [0, 0.1) is 0 Å². The minimum atomic E-state index is -0.105. The van der Waals surface area contributed by atoms with E-state index in [1.807, 2.05) is 26.0 Å². The molecule has 5 nitrogen and oxygen atoms in total. The lowest BCUT2D eigenvalue weighted by molar-refractivity contribution is -0.899. The van der Waals surface area contributed by atoms with Crippen LogP contribution in [0.4, 0.5) is 5.69 Å². The Labute approximate surface area is 175 Å². The van der Waals surface area contributed by atoms with Gasteiger partial charge in [0, 0.05) is 24.3 Å². The van der Waals surface area contributed by atoms with E-state index in [-0.39, 0.29) is 11.8 Å². The lowest BCUT2D eigenvalue weighted by atomic mass is 10.1. The van der Waals surface area contributed by atoms with E-state index < -0.39 is 0 Å². The summed E-state index contributed by atoms with van der Waals surface area (Å²) in [5, 5.41) is 2.90. The predicted molar refractivity (Wildman–Crippen MR) is 116 cm³/mol. The number of nitrogens with one attached hydrogen (secondary N) is 2. The highest BCUT2D eigenvalue weighted by molar-refractivity contribution is 7.16. The zero-order chi connectivity index (χ0) is 20.5. The van der Waals surface area contributed by atoms with Gasteiger partial charge in [-0.15, -0.1) is 11.3 Å². The van der Waals surface area contributed by atoms with Gasteiger partial charge < -0.3 is 15.1 Å². The zero-order valence-electron chi connectivity index (χ0n) is 16.3. The van der Waals surface area contributed by atoms with Crippen LogP contribution in [-0.2, 0) is 11.3 Å². The van der Waals surface area contributed by atoms with Gasteiger partial charge in [-0.1, -0.05) is 24.2 Å². The third-order valence-corrected chi connectivity index (χ3v) is 5.57. The van der Waals surface area contributed by atoms with Gasteiger partial charge in [-0.25, -0.2) is 0 Å². The summed E-state index contributed by atoms with van der Waals surface area (Å²) in [6.45, 7) is 10.7. The largest absolute Gasteiger partial charge is 0.339 e. The van der Waals surface area contributed by atoms with Gasteiger partial charge in [0.05, 0.1) is 15.8 Å². The summed E-state index contributed by atoms with van der Waals surface area (Å²) in [6.07, 6.45) is 1.81. The third-order valence-electron chi connectivity index (χ3n) is 4.34. The second kappa shape index (κ2) is 11.0. The maximum Gasteiger partial charge on any atom is 0.279 e. The molecule has 0 saturated heterocycles. The molecule has 2 amide bonds. The topological polar surface area (TPSA) is 53.9 Å². The quantitative estimate of drug-likeness (QED) is 0.580. The van der Waals surface area contributed by atoms with Gasteiger partial charge >= 0.3 is 0 Å². The first-order chi connectivity index (χ1) is 13.5. The van der Waals surface area contributed by atoms with E-state index in [9.17, 15) is 9.59 Å². The number of halogens is 1. The number of quaternary nitrogens is 1. The molecule has 1 atom stereocenters. The van der Waals surface area contributed by atoms with Crippen LogP contribution in [0.15, 0.2) is 49.1 Å². The molecule has 1 unspecified atom stereocenters. The number of thiophene rings is 1. The van der Waals surface area contributed by atoms with Crippen LogP contribution < -0.4 is 10.2 Å². The Morgan fingerprint density at radius 1 is 1.25 bits per heavy atom. The summed E-state index contributed by atoms with van der Waals surface area (Å²) < 4.78 is 0.743. The van der Waals surface area contributed by atoms with Gasteiger partial charge in [-0.3, -0.25) is 9.59 Å². The van der Waals surface area contributed by atoms with Gasteiger partial charge in [0.15, 0.2) is 6.54 Å². The van der Waals surface area contributed by atoms with Crippen molar-refractivity contribution in [1.82, 2.24) is 4.90 Å². The van der Waals surface area contributed by atoms with Crippen molar-refractivity contribution in [1.29, 1.82) is 0 Å². The summed E-state index contributed by atoms with van der Waals surface area (Å²) in [4.78, 5) is 29.0. The molecule has 0 aliphatic heterocycles. The second-order valence-corrected chi connectivity index (χ2v) is 8.21. The van der Waals surface area contributed by atoms with Crippen molar-refractivity contribution in [2.45, 2.75) is 20.4 Å². The molecule has 0 aliphatic rings. The average molecular weight is 421 g/mol. The van der Waals surface area contributed by atoms with Crippen molar-refractivity contribution in [3.8, 4) is 0 Å². The normalized spacial score (nSPS) is 11.7. The average Bonchev–Trinajstić information content (AvgIpc) is 3.07. The minimum absolute atomic E-state index is 0.0328. The predicted octanol–water partition coefficient (Wildman–Crippen LogP) is 3.09. The lowest BCUT2D eigenvalue weighted by Crippen LogP contribution is -3.11. The van der Waals surface area contributed by atoms with Crippen LogP contribution in [0.2, 0.25) is 4.34 Å². The molecule has 0 spiro atoms. The van der Waals surface area contributed by atoms with Crippen LogP contribution in [0.5, 0.6) is 0 Å². The summed E-state index contributed by atoms with van der Waals surface area (Å²) in [7, 11) is 0. The van der Waals surface area contributed by atoms with E-state index in [2.05, 4.69) is 11.9 Å². The third kappa shape index (κ3) is 6.48. The summed E-state index contributed by atoms with van der Waals surface area (Å²) >= 11 is 7.52. The number of hydrogen-bond acceptors (Lipinski definition) is 3. The monoisotopic (exact) mass is 420 g/mol. The van der Waals surface area contributed by atoms with Crippen LogP contribution in [-0.4, -0.2) is 42.9 Å². The molecule has 0 bridgehead atoms. The maximum absolute atomic E-state index is 12.5. The van der Waals surface area contributed by atoms with Crippen molar-refractivity contribution < 1.29 is 14.5 Å². The number of rotatable bonds is 10. The molecule has 0 fully saturated rings. The molecule has 1 heterocycles. The fourth-order valence-corrected chi connectivity index (χ4v) is 4.12. The standard InChI is InChI=1S/C21H26ClN3O2S/c1-4-12-24(14-18-10-11-19(22)28-18)15-20(26)23-17-9-7-8-16(13-17)21(27)25(5-2)6-3/h4,7-11,13H,1,5-6,12,14-15H2,2-3H3,(H,23,26)/p+1. The molecule has 7 heteroatoms. The van der Waals surface area contributed by atoms with Crippen molar-refractivity contribution >= 4 is 40.4 Å². The molecule has 0 radical (unpaired) electrons. The number of carbonyl (C=O) groups is 2.